The summed E-state index contributed by atoms with van der Waals surface area (Å²) >= 11 is 0. The van der Waals surface area contributed by atoms with Gasteiger partial charge in [0.05, 0.1) is 12.2 Å². The van der Waals surface area contributed by atoms with Crippen molar-refractivity contribution in [3.63, 3.8) is 0 Å². The van der Waals surface area contributed by atoms with Crippen molar-refractivity contribution in [1.82, 2.24) is 5.32 Å². The zero-order valence-corrected chi connectivity index (χ0v) is 10.8. The van der Waals surface area contributed by atoms with Gasteiger partial charge >= 0.3 is 0 Å². The molecule has 2 fully saturated rings. The van der Waals surface area contributed by atoms with Gasteiger partial charge in [0, 0.05) is 12.1 Å². The van der Waals surface area contributed by atoms with Crippen LogP contribution in [0.5, 0.6) is 0 Å². The summed E-state index contributed by atoms with van der Waals surface area (Å²) in [7, 11) is 0. The number of hydrogen-bond acceptors (Lipinski definition) is 3. The molecule has 2 saturated carbocycles. The maximum Gasteiger partial charge on any atom is 0.0693 e. The molecule has 0 aromatic rings. The first-order valence-electron chi connectivity index (χ1n) is 7.39. The summed E-state index contributed by atoms with van der Waals surface area (Å²) in [4.78, 5) is 0. The molecule has 0 spiro atoms. The molecular weight excluding hydrogens is 214 g/mol. The summed E-state index contributed by atoms with van der Waals surface area (Å²) < 4.78 is 0. The van der Waals surface area contributed by atoms with Crippen LogP contribution in [0.15, 0.2) is 0 Å². The molecule has 3 heteroatoms. The molecule has 0 aromatic carbocycles. The molecule has 0 radical (unpaired) electrons. The van der Waals surface area contributed by atoms with Gasteiger partial charge in [-0.05, 0) is 25.7 Å². The molecule has 3 nitrogen and oxygen atoms in total. The van der Waals surface area contributed by atoms with Crippen molar-refractivity contribution < 1.29 is 10.2 Å². The van der Waals surface area contributed by atoms with E-state index in [1.165, 1.54) is 25.7 Å². The minimum Gasteiger partial charge on any atom is -0.392 e. The molecule has 17 heavy (non-hydrogen) atoms. The average molecular weight is 241 g/mol. The lowest BCUT2D eigenvalue weighted by molar-refractivity contribution is 0.0749. The third-order valence-corrected chi connectivity index (χ3v) is 4.39. The normalized spacial score (nSPS) is 40.6. The molecule has 2 aliphatic rings. The van der Waals surface area contributed by atoms with E-state index >= 15 is 0 Å². The zero-order valence-electron chi connectivity index (χ0n) is 10.8. The first-order valence-corrected chi connectivity index (χ1v) is 7.39. The largest absolute Gasteiger partial charge is 0.392 e. The SMILES string of the molecule is OC1CCCCCC1NC1CCCCCC1O. The minimum atomic E-state index is -0.215. The minimum absolute atomic E-state index is 0.204. The van der Waals surface area contributed by atoms with Gasteiger partial charge < -0.3 is 15.5 Å². The molecule has 2 aliphatic carbocycles. The standard InChI is InChI=1S/C14H27NO2/c16-13-9-5-1-3-7-11(13)15-12-8-4-2-6-10-14(12)17/h11-17H,1-10H2. The number of nitrogens with one attached hydrogen (secondary N) is 1. The van der Waals surface area contributed by atoms with E-state index in [0.29, 0.717) is 0 Å². The smallest absolute Gasteiger partial charge is 0.0693 e. The first kappa shape index (κ1) is 13.3. The van der Waals surface area contributed by atoms with Gasteiger partial charge in [-0.1, -0.05) is 38.5 Å². The van der Waals surface area contributed by atoms with E-state index in [1.54, 1.807) is 0 Å². The molecule has 0 aromatic heterocycles. The third-order valence-electron chi connectivity index (χ3n) is 4.39. The summed E-state index contributed by atoms with van der Waals surface area (Å²) in [6.45, 7) is 0. The van der Waals surface area contributed by atoms with Gasteiger partial charge in [-0.2, -0.15) is 0 Å². The van der Waals surface area contributed by atoms with Crippen LogP contribution in [0, 0.1) is 0 Å². The van der Waals surface area contributed by atoms with Gasteiger partial charge in [0.1, 0.15) is 0 Å². The predicted molar refractivity (Wildman–Crippen MR) is 68.9 cm³/mol. The number of aliphatic hydroxyl groups is 2. The van der Waals surface area contributed by atoms with Crippen molar-refractivity contribution in [2.24, 2.45) is 0 Å². The lowest BCUT2D eigenvalue weighted by Gasteiger charge is -2.30. The van der Waals surface area contributed by atoms with Gasteiger partial charge in [-0.15, -0.1) is 0 Å². The highest BCUT2D eigenvalue weighted by molar-refractivity contribution is 4.86. The Balaban J connectivity index is 1.88. The summed E-state index contributed by atoms with van der Waals surface area (Å²) in [5.41, 5.74) is 0. The molecule has 0 bridgehead atoms. The first-order chi connectivity index (χ1) is 8.27. The van der Waals surface area contributed by atoms with E-state index in [9.17, 15) is 10.2 Å². The van der Waals surface area contributed by atoms with Crippen LogP contribution in [-0.4, -0.2) is 34.5 Å². The highest BCUT2D eigenvalue weighted by Crippen LogP contribution is 2.22. The Hall–Kier alpha value is -0.120. The topological polar surface area (TPSA) is 52.5 Å². The van der Waals surface area contributed by atoms with Crippen molar-refractivity contribution in [2.45, 2.75) is 88.5 Å². The lowest BCUT2D eigenvalue weighted by atomic mass is 10.0. The number of hydrogen-bond donors (Lipinski definition) is 3. The van der Waals surface area contributed by atoms with Crippen molar-refractivity contribution in [1.29, 1.82) is 0 Å². The van der Waals surface area contributed by atoms with Crippen molar-refractivity contribution in [3.8, 4) is 0 Å². The van der Waals surface area contributed by atoms with Gasteiger partial charge in [-0.3, -0.25) is 0 Å². The van der Waals surface area contributed by atoms with E-state index in [1.807, 2.05) is 0 Å². The second-order valence-corrected chi connectivity index (χ2v) is 5.79. The fourth-order valence-electron chi connectivity index (χ4n) is 3.24. The van der Waals surface area contributed by atoms with E-state index in [-0.39, 0.29) is 24.3 Å². The highest BCUT2D eigenvalue weighted by atomic mass is 16.3. The second-order valence-electron chi connectivity index (χ2n) is 5.79. The Kier molecular flexibility index (Phi) is 5.26. The molecule has 4 atom stereocenters. The van der Waals surface area contributed by atoms with Gasteiger partial charge in [-0.25, -0.2) is 0 Å². The number of aliphatic hydroxyl groups excluding tert-OH is 2. The second kappa shape index (κ2) is 6.72. The predicted octanol–water partition coefficient (Wildman–Crippen LogP) is 1.96. The molecule has 0 amide bonds. The number of rotatable bonds is 2. The fourth-order valence-corrected chi connectivity index (χ4v) is 3.24. The van der Waals surface area contributed by atoms with Crippen LogP contribution in [0.25, 0.3) is 0 Å². The van der Waals surface area contributed by atoms with Crippen molar-refractivity contribution in [2.75, 3.05) is 0 Å². The van der Waals surface area contributed by atoms with Crippen LogP contribution in [0.1, 0.15) is 64.2 Å². The lowest BCUT2D eigenvalue weighted by Crippen LogP contribution is -2.49. The van der Waals surface area contributed by atoms with Crippen LogP contribution < -0.4 is 5.32 Å². The van der Waals surface area contributed by atoms with Crippen molar-refractivity contribution in [3.05, 3.63) is 0 Å². The average Bonchev–Trinajstić information content (AvgIpc) is 2.63. The van der Waals surface area contributed by atoms with E-state index in [4.69, 9.17) is 0 Å². The molecule has 0 heterocycles. The summed E-state index contributed by atoms with van der Waals surface area (Å²) in [6.07, 6.45) is 10.7. The van der Waals surface area contributed by atoms with Gasteiger partial charge in [0.15, 0.2) is 0 Å². The van der Waals surface area contributed by atoms with Gasteiger partial charge in [0.25, 0.3) is 0 Å². The third kappa shape index (κ3) is 3.94. The zero-order chi connectivity index (χ0) is 12.1. The Morgan fingerprint density at radius 2 is 1.00 bits per heavy atom. The van der Waals surface area contributed by atoms with Crippen LogP contribution >= 0.6 is 0 Å². The van der Waals surface area contributed by atoms with Crippen LogP contribution in [0.3, 0.4) is 0 Å². The van der Waals surface area contributed by atoms with E-state index < -0.39 is 0 Å². The maximum atomic E-state index is 10.1. The van der Waals surface area contributed by atoms with E-state index in [0.717, 1.165) is 38.5 Å². The summed E-state index contributed by atoms with van der Waals surface area (Å²) in [5, 5.41) is 23.7. The van der Waals surface area contributed by atoms with Crippen LogP contribution in [0.2, 0.25) is 0 Å². The Morgan fingerprint density at radius 3 is 1.47 bits per heavy atom. The van der Waals surface area contributed by atoms with Gasteiger partial charge in [0.2, 0.25) is 0 Å². The Labute approximate surface area is 105 Å². The van der Waals surface area contributed by atoms with Crippen LogP contribution in [0.4, 0.5) is 0 Å². The Bertz CT molecular complexity index is 200. The van der Waals surface area contributed by atoms with Crippen LogP contribution in [-0.2, 0) is 0 Å². The molecule has 100 valence electrons. The molecule has 4 unspecified atom stereocenters. The fraction of sp³-hybridized carbons (Fsp3) is 1.00. The summed E-state index contributed by atoms with van der Waals surface area (Å²) in [6, 6.07) is 0.408. The monoisotopic (exact) mass is 241 g/mol. The maximum absolute atomic E-state index is 10.1. The van der Waals surface area contributed by atoms with E-state index in [2.05, 4.69) is 5.32 Å². The Morgan fingerprint density at radius 1 is 0.588 bits per heavy atom. The molecule has 0 aliphatic heterocycles. The van der Waals surface area contributed by atoms with Crippen molar-refractivity contribution >= 4 is 0 Å². The highest BCUT2D eigenvalue weighted by Gasteiger charge is 2.28. The molecular formula is C14H27NO2. The molecule has 2 rings (SSSR count). The summed E-state index contributed by atoms with van der Waals surface area (Å²) in [5.74, 6) is 0. The molecule has 0 saturated heterocycles. The molecule has 3 N–H and O–H groups in total. The quantitative estimate of drug-likeness (QED) is 0.648.